The van der Waals surface area contributed by atoms with Crippen LogP contribution in [0.25, 0.3) is 0 Å². The summed E-state index contributed by atoms with van der Waals surface area (Å²) in [5.41, 5.74) is 0.464. The molecule has 12 heavy (non-hydrogen) atoms. The summed E-state index contributed by atoms with van der Waals surface area (Å²) in [5.74, 6) is 0.924. The maximum absolute atomic E-state index is 4.12. The number of hydrogen-bond donors (Lipinski definition) is 2. The van der Waals surface area contributed by atoms with Gasteiger partial charge in [-0.25, -0.2) is 0 Å². The van der Waals surface area contributed by atoms with Crippen LogP contribution < -0.4 is 10.6 Å². The molecule has 1 fully saturated rings. The van der Waals surface area contributed by atoms with Crippen molar-refractivity contribution in [3.8, 4) is 0 Å². The SMILES string of the molecule is CCNC(=NC)NC1CC1(C)C. The summed E-state index contributed by atoms with van der Waals surface area (Å²) in [7, 11) is 1.81. The van der Waals surface area contributed by atoms with Crippen LogP contribution in [0.2, 0.25) is 0 Å². The van der Waals surface area contributed by atoms with Crippen molar-refractivity contribution in [2.45, 2.75) is 33.2 Å². The predicted octanol–water partition coefficient (Wildman–Crippen LogP) is 0.970. The van der Waals surface area contributed by atoms with Crippen LogP contribution in [0.4, 0.5) is 0 Å². The fourth-order valence-corrected chi connectivity index (χ4v) is 1.24. The summed E-state index contributed by atoms with van der Waals surface area (Å²) in [5, 5.41) is 6.55. The third kappa shape index (κ3) is 2.13. The van der Waals surface area contributed by atoms with Crippen LogP contribution in [0.5, 0.6) is 0 Å². The van der Waals surface area contributed by atoms with Crippen molar-refractivity contribution in [2.75, 3.05) is 13.6 Å². The zero-order valence-electron chi connectivity index (χ0n) is 8.44. The molecule has 1 aliphatic rings. The van der Waals surface area contributed by atoms with Gasteiger partial charge >= 0.3 is 0 Å². The molecule has 1 unspecified atom stereocenters. The highest BCUT2D eigenvalue weighted by Crippen LogP contribution is 2.44. The smallest absolute Gasteiger partial charge is 0.191 e. The Morgan fingerprint density at radius 2 is 2.17 bits per heavy atom. The van der Waals surface area contributed by atoms with Crippen LogP contribution in [0.15, 0.2) is 4.99 Å². The molecule has 0 heterocycles. The van der Waals surface area contributed by atoms with E-state index >= 15 is 0 Å². The van der Waals surface area contributed by atoms with Gasteiger partial charge in [0.15, 0.2) is 5.96 Å². The number of rotatable bonds is 2. The minimum atomic E-state index is 0.464. The van der Waals surface area contributed by atoms with Crippen molar-refractivity contribution in [1.29, 1.82) is 0 Å². The van der Waals surface area contributed by atoms with Crippen LogP contribution in [0.1, 0.15) is 27.2 Å². The van der Waals surface area contributed by atoms with Gasteiger partial charge in [-0.05, 0) is 18.8 Å². The van der Waals surface area contributed by atoms with Crippen LogP contribution >= 0.6 is 0 Å². The molecule has 0 spiro atoms. The lowest BCUT2D eigenvalue weighted by atomic mass is 10.2. The Labute approximate surface area is 74.6 Å². The molecule has 0 radical (unpaired) electrons. The van der Waals surface area contributed by atoms with Gasteiger partial charge in [-0.3, -0.25) is 4.99 Å². The summed E-state index contributed by atoms with van der Waals surface area (Å²) >= 11 is 0. The van der Waals surface area contributed by atoms with Crippen LogP contribution in [0, 0.1) is 5.41 Å². The molecular weight excluding hydrogens is 150 g/mol. The fraction of sp³-hybridized carbons (Fsp3) is 0.889. The van der Waals surface area contributed by atoms with E-state index in [-0.39, 0.29) is 0 Å². The molecule has 0 aromatic carbocycles. The lowest BCUT2D eigenvalue weighted by Crippen LogP contribution is -2.39. The average molecular weight is 169 g/mol. The van der Waals surface area contributed by atoms with Crippen LogP contribution in [-0.2, 0) is 0 Å². The van der Waals surface area contributed by atoms with E-state index in [1.807, 2.05) is 0 Å². The lowest BCUT2D eigenvalue weighted by Gasteiger charge is -2.11. The van der Waals surface area contributed by atoms with Gasteiger partial charge in [0.05, 0.1) is 0 Å². The minimum absolute atomic E-state index is 0.464. The Bertz CT molecular complexity index is 184. The molecule has 1 saturated carbocycles. The first-order chi connectivity index (χ1) is 5.60. The fourth-order valence-electron chi connectivity index (χ4n) is 1.24. The number of guanidine groups is 1. The average Bonchev–Trinajstić information content (AvgIpc) is 2.58. The van der Waals surface area contributed by atoms with E-state index in [9.17, 15) is 0 Å². The molecule has 1 atom stereocenters. The van der Waals surface area contributed by atoms with E-state index in [4.69, 9.17) is 0 Å². The van der Waals surface area contributed by atoms with E-state index in [0.717, 1.165) is 12.5 Å². The predicted molar refractivity (Wildman–Crippen MR) is 52.4 cm³/mol. The molecule has 0 aliphatic heterocycles. The van der Waals surface area contributed by atoms with E-state index in [1.165, 1.54) is 6.42 Å². The Hall–Kier alpha value is -0.730. The summed E-state index contributed by atoms with van der Waals surface area (Å²) in [6.07, 6.45) is 1.25. The van der Waals surface area contributed by atoms with Crippen LogP contribution in [0.3, 0.4) is 0 Å². The van der Waals surface area contributed by atoms with Crippen molar-refractivity contribution in [3.63, 3.8) is 0 Å². The highest BCUT2D eigenvalue weighted by atomic mass is 15.2. The normalized spacial score (nSPS) is 26.7. The lowest BCUT2D eigenvalue weighted by molar-refractivity contribution is 0.590. The third-order valence-corrected chi connectivity index (χ3v) is 2.39. The molecule has 1 rings (SSSR count). The molecule has 0 saturated heterocycles. The van der Waals surface area contributed by atoms with E-state index in [0.29, 0.717) is 11.5 Å². The second-order valence-electron chi connectivity index (χ2n) is 3.99. The highest BCUT2D eigenvalue weighted by Gasteiger charge is 2.46. The summed E-state index contributed by atoms with van der Waals surface area (Å²) < 4.78 is 0. The van der Waals surface area contributed by atoms with Gasteiger partial charge in [0.25, 0.3) is 0 Å². The van der Waals surface area contributed by atoms with E-state index < -0.39 is 0 Å². The molecule has 0 bridgehead atoms. The molecule has 70 valence electrons. The minimum Gasteiger partial charge on any atom is -0.357 e. The van der Waals surface area contributed by atoms with Gasteiger partial charge < -0.3 is 10.6 Å². The molecule has 2 N–H and O–H groups in total. The van der Waals surface area contributed by atoms with Gasteiger partial charge in [-0.1, -0.05) is 13.8 Å². The number of nitrogens with one attached hydrogen (secondary N) is 2. The van der Waals surface area contributed by atoms with Gasteiger partial charge in [0, 0.05) is 19.6 Å². The number of hydrogen-bond acceptors (Lipinski definition) is 1. The first-order valence-corrected chi connectivity index (χ1v) is 4.57. The third-order valence-electron chi connectivity index (χ3n) is 2.39. The van der Waals surface area contributed by atoms with Crippen LogP contribution in [-0.4, -0.2) is 25.6 Å². The molecule has 0 amide bonds. The Kier molecular flexibility index (Phi) is 2.60. The van der Waals surface area contributed by atoms with E-state index in [2.05, 4.69) is 36.4 Å². The van der Waals surface area contributed by atoms with Gasteiger partial charge in [0.1, 0.15) is 0 Å². The molecule has 0 aromatic heterocycles. The second kappa shape index (κ2) is 3.33. The highest BCUT2D eigenvalue weighted by molar-refractivity contribution is 5.80. The monoisotopic (exact) mass is 169 g/mol. The Morgan fingerprint density at radius 3 is 2.50 bits per heavy atom. The number of nitrogens with zero attached hydrogens (tertiary/aromatic N) is 1. The zero-order valence-corrected chi connectivity index (χ0v) is 8.44. The molecule has 3 nitrogen and oxygen atoms in total. The van der Waals surface area contributed by atoms with Gasteiger partial charge in [-0.15, -0.1) is 0 Å². The standard InChI is InChI=1S/C9H19N3/c1-5-11-8(10-4)12-7-6-9(7,2)3/h7H,5-6H2,1-4H3,(H2,10,11,12). The van der Waals surface area contributed by atoms with E-state index in [1.54, 1.807) is 7.05 Å². The quantitative estimate of drug-likeness (QED) is 0.477. The first kappa shape index (κ1) is 9.36. The Balaban J connectivity index is 2.31. The zero-order chi connectivity index (χ0) is 9.19. The maximum Gasteiger partial charge on any atom is 0.191 e. The number of aliphatic imine (C=N–C) groups is 1. The van der Waals surface area contributed by atoms with Crippen molar-refractivity contribution in [3.05, 3.63) is 0 Å². The first-order valence-electron chi connectivity index (χ1n) is 4.57. The van der Waals surface area contributed by atoms with Crippen molar-refractivity contribution in [2.24, 2.45) is 10.4 Å². The molecule has 0 aromatic rings. The van der Waals surface area contributed by atoms with Gasteiger partial charge in [0.2, 0.25) is 0 Å². The molecule has 1 aliphatic carbocycles. The summed E-state index contributed by atoms with van der Waals surface area (Å²) in [6.45, 7) is 7.53. The topological polar surface area (TPSA) is 36.4 Å². The van der Waals surface area contributed by atoms with Crippen molar-refractivity contribution in [1.82, 2.24) is 10.6 Å². The molecular formula is C9H19N3. The molecule has 3 heteroatoms. The second-order valence-corrected chi connectivity index (χ2v) is 3.99. The summed E-state index contributed by atoms with van der Waals surface area (Å²) in [4.78, 5) is 4.12. The Morgan fingerprint density at radius 1 is 1.58 bits per heavy atom. The maximum atomic E-state index is 4.12. The summed E-state index contributed by atoms with van der Waals surface area (Å²) in [6, 6.07) is 0.607. The van der Waals surface area contributed by atoms with Gasteiger partial charge in [-0.2, -0.15) is 0 Å². The largest absolute Gasteiger partial charge is 0.357 e. The van der Waals surface area contributed by atoms with Crippen molar-refractivity contribution < 1.29 is 0 Å². The van der Waals surface area contributed by atoms with Crippen molar-refractivity contribution >= 4 is 5.96 Å².